The number of aliphatic imine (C=N–C) groups is 1. The molecule has 2 aromatic carbocycles. The summed E-state index contributed by atoms with van der Waals surface area (Å²) in [6.07, 6.45) is 7.24. The number of phenolic OH excluding ortho intramolecular Hbond substituents is 1. The summed E-state index contributed by atoms with van der Waals surface area (Å²) < 4.78 is 5.22. The number of phenols is 1. The van der Waals surface area contributed by atoms with Gasteiger partial charge in [-0.3, -0.25) is 4.99 Å². The molecule has 5 nitrogen and oxygen atoms in total. The highest BCUT2D eigenvalue weighted by Crippen LogP contribution is 2.40. The molecule has 1 N–H and O–H groups in total. The van der Waals surface area contributed by atoms with Crippen molar-refractivity contribution in [1.29, 1.82) is 0 Å². The van der Waals surface area contributed by atoms with Gasteiger partial charge in [-0.25, -0.2) is 9.97 Å². The monoisotopic (exact) mass is 343 g/mol. The van der Waals surface area contributed by atoms with Crippen molar-refractivity contribution >= 4 is 11.8 Å². The van der Waals surface area contributed by atoms with E-state index in [0.29, 0.717) is 5.82 Å². The zero-order valence-electron chi connectivity index (χ0n) is 14.2. The summed E-state index contributed by atoms with van der Waals surface area (Å²) in [7, 11) is 1.64. The second kappa shape index (κ2) is 6.44. The number of aromatic nitrogens is 2. The van der Waals surface area contributed by atoms with Crippen molar-refractivity contribution in [2.75, 3.05) is 7.11 Å². The molecule has 0 saturated carbocycles. The van der Waals surface area contributed by atoms with Gasteiger partial charge in [0, 0.05) is 18.6 Å². The molecule has 5 heteroatoms. The molecule has 4 rings (SSSR count). The zero-order chi connectivity index (χ0) is 18.0. The SMILES string of the molecule is COc1ccc(C2=CC(c3cccc(O)c3)(c3ncccn3)N=C2)cc1. The molecule has 0 aliphatic carbocycles. The maximum absolute atomic E-state index is 9.95. The highest BCUT2D eigenvalue weighted by molar-refractivity contribution is 6.12. The molecule has 1 atom stereocenters. The van der Waals surface area contributed by atoms with Gasteiger partial charge in [0.05, 0.1) is 7.11 Å². The maximum Gasteiger partial charge on any atom is 0.164 e. The van der Waals surface area contributed by atoms with Crippen LogP contribution in [0.1, 0.15) is 17.0 Å². The van der Waals surface area contributed by atoms with E-state index < -0.39 is 5.54 Å². The van der Waals surface area contributed by atoms with Crippen molar-refractivity contribution in [1.82, 2.24) is 9.97 Å². The Morgan fingerprint density at radius 3 is 2.42 bits per heavy atom. The number of aromatic hydroxyl groups is 1. The smallest absolute Gasteiger partial charge is 0.164 e. The Labute approximate surface area is 151 Å². The van der Waals surface area contributed by atoms with Crippen LogP contribution < -0.4 is 4.74 Å². The third-order valence-corrected chi connectivity index (χ3v) is 4.39. The van der Waals surface area contributed by atoms with E-state index in [1.807, 2.05) is 42.6 Å². The Morgan fingerprint density at radius 1 is 0.962 bits per heavy atom. The zero-order valence-corrected chi connectivity index (χ0v) is 14.2. The van der Waals surface area contributed by atoms with Crippen molar-refractivity contribution in [2.45, 2.75) is 5.54 Å². The minimum absolute atomic E-state index is 0.180. The maximum atomic E-state index is 9.95. The first kappa shape index (κ1) is 16.0. The number of hydrogen-bond acceptors (Lipinski definition) is 5. The minimum atomic E-state index is -0.866. The fraction of sp³-hybridized carbons (Fsp3) is 0.0952. The molecule has 0 amide bonds. The Hall–Kier alpha value is -3.47. The lowest BCUT2D eigenvalue weighted by Gasteiger charge is -2.23. The van der Waals surface area contributed by atoms with Crippen LogP contribution in [-0.4, -0.2) is 28.4 Å². The summed E-state index contributed by atoms with van der Waals surface area (Å²) in [5, 5.41) is 9.95. The van der Waals surface area contributed by atoms with Crippen LogP contribution in [0, 0.1) is 0 Å². The number of benzene rings is 2. The Morgan fingerprint density at radius 2 is 1.73 bits per heavy atom. The lowest BCUT2D eigenvalue weighted by molar-refractivity contribution is 0.415. The number of allylic oxidation sites excluding steroid dienone is 1. The van der Waals surface area contributed by atoms with Crippen molar-refractivity contribution < 1.29 is 9.84 Å². The lowest BCUT2D eigenvalue weighted by Crippen LogP contribution is -2.24. The van der Waals surface area contributed by atoms with E-state index in [1.54, 1.807) is 43.8 Å². The van der Waals surface area contributed by atoms with Crippen LogP contribution in [0.2, 0.25) is 0 Å². The average Bonchev–Trinajstić information content (AvgIpc) is 3.15. The van der Waals surface area contributed by atoms with E-state index in [1.165, 1.54) is 0 Å². The van der Waals surface area contributed by atoms with Crippen molar-refractivity contribution in [3.05, 3.63) is 90.0 Å². The molecule has 1 unspecified atom stereocenters. The summed E-state index contributed by atoms with van der Waals surface area (Å²) in [5.41, 5.74) is 1.93. The fourth-order valence-corrected chi connectivity index (χ4v) is 3.06. The highest BCUT2D eigenvalue weighted by Gasteiger charge is 2.38. The topological polar surface area (TPSA) is 67.6 Å². The normalized spacial score (nSPS) is 18.6. The molecule has 1 aliphatic rings. The largest absolute Gasteiger partial charge is 0.508 e. The van der Waals surface area contributed by atoms with E-state index in [9.17, 15) is 5.11 Å². The van der Waals surface area contributed by atoms with Gasteiger partial charge in [-0.05, 0) is 53.1 Å². The van der Waals surface area contributed by atoms with Crippen LogP contribution >= 0.6 is 0 Å². The Balaban J connectivity index is 1.85. The molecule has 128 valence electrons. The third-order valence-electron chi connectivity index (χ3n) is 4.39. The van der Waals surface area contributed by atoms with E-state index >= 15 is 0 Å². The van der Waals surface area contributed by atoms with Crippen molar-refractivity contribution in [2.24, 2.45) is 4.99 Å². The molecule has 26 heavy (non-hydrogen) atoms. The van der Waals surface area contributed by atoms with Gasteiger partial charge in [-0.1, -0.05) is 24.3 Å². The molecule has 0 spiro atoms. The number of methoxy groups -OCH3 is 1. The molecule has 0 saturated heterocycles. The molecule has 3 aromatic rings. The average molecular weight is 343 g/mol. The quantitative estimate of drug-likeness (QED) is 0.786. The minimum Gasteiger partial charge on any atom is -0.508 e. The summed E-state index contributed by atoms with van der Waals surface area (Å²) in [6, 6.07) is 16.6. The van der Waals surface area contributed by atoms with Gasteiger partial charge in [-0.2, -0.15) is 0 Å². The van der Waals surface area contributed by atoms with Gasteiger partial charge in [0.15, 0.2) is 11.4 Å². The van der Waals surface area contributed by atoms with E-state index in [4.69, 9.17) is 9.73 Å². The molecular formula is C21H17N3O2. The summed E-state index contributed by atoms with van der Waals surface area (Å²) in [6.45, 7) is 0. The molecule has 0 fully saturated rings. The van der Waals surface area contributed by atoms with E-state index in [0.717, 1.165) is 22.4 Å². The number of nitrogens with zero attached hydrogens (tertiary/aromatic N) is 3. The summed E-state index contributed by atoms with van der Waals surface area (Å²) in [4.78, 5) is 13.6. The van der Waals surface area contributed by atoms with Gasteiger partial charge in [0.2, 0.25) is 0 Å². The summed E-state index contributed by atoms with van der Waals surface area (Å²) in [5.74, 6) is 1.54. The van der Waals surface area contributed by atoms with Gasteiger partial charge in [0.1, 0.15) is 11.5 Å². The molecule has 0 radical (unpaired) electrons. The molecule has 2 heterocycles. The molecular weight excluding hydrogens is 326 g/mol. The Bertz CT molecular complexity index is 982. The first-order valence-electron chi connectivity index (χ1n) is 8.21. The fourth-order valence-electron chi connectivity index (χ4n) is 3.06. The molecule has 1 aromatic heterocycles. The second-order valence-electron chi connectivity index (χ2n) is 5.98. The highest BCUT2D eigenvalue weighted by atomic mass is 16.5. The lowest BCUT2D eigenvalue weighted by atomic mass is 9.88. The first-order chi connectivity index (χ1) is 12.7. The third kappa shape index (κ3) is 2.73. The second-order valence-corrected chi connectivity index (χ2v) is 5.98. The molecule has 0 bridgehead atoms. The van der Waals surface area contributed by atoms with Crippen molar-refractivity contribution in [3.8, 4) is 11.5 Å². The van der Waals surface area contributed by atoms with Gasteiger partial charge in [0.25, 0.3) is 0 Å². The first-order valence-corrected chi connectivity index (χ1v) is 8.21. The van der Waals surface area contributed by atoms with Gasteiger partial charge in [-0.15, -0.1) is 0 Å². The number of rotatable bonds is 4. The van der Waals surface area contributed by atoms with Crippen LogP contribution in [0.4, 0.5) is 0 Å². The van der Waals surface area contributed by atoms with Gasteiger partial charge >= 0.3 is 0 Å². The van der Waals surface area contributed by atoms with Crippen LogP contribution in [-0.2, 0) is 5.54 Å². The van der Waals surface area contributed by atoms with Crippen LogP contribution in [0.5, 0.6) is 11.5 Å². The van der Waals surface area contributed by atoms with Gasteiger partial charge < -0.3 is 9.84 Å². The molecule has 1 aliphatic heterocycles. The van der Waals surface area contributed by atoms with Crippen LogP contribution in [0.15, 0.2) is 78.1 Å². The van der Waals surface area contributed by atoms with E-state index in [2.05, 4.69) is 9.97 Å². The number of ether oxygens (including phenoxy) is 1. The predicted octanol–water partition coefficient (Wildman–Crippen LogP) is 3.60. The predicted molar refractivity (Wildman–Crippen MR) is 100 cm³/mol. The number of hydrogen-bond donors (Lipinski definition) is 1. The van der Waals surface area contributed by atoms with E-state index in [-0.39, 0.29) is 5.75 Å². The van der Waals surface area contributed by atoms with Crippen LogP contribution in [0.3, 0.4) is 0 Å². The Kier molecular flexibility index (Phi) is 3.97. The van der Waals surface area contributed by atoms with Crippen LogP contribution in [0.25, 0.3) is 5.57 Å². The van der Waals surface area contributed by atoms with Crippen molar-refractivity contribution in [3.63, 3.8) is 0 Å². The summed E-state index contributed by atoms with van der Waals surface area (Å²) >= 11 is 0. The standard InChI is InChI=1S/C21H17N3O2/c1-26-19-8-6-15(7-9-19)16-13-21(24-14-16,20-22-10-3-11-23-20)17-4-2-5-18(25)12-17/h2-14,25H,1H3.